The van der Waals surface area contributed by atoms with Crippen molar-refractivity contribution in [1.29, 1.82) is 0 Å². The van der Waals surface area contributed by atoms with Gasteiger partial charge in [0.1, 0.15) is 16.5 Å². The number of benzene rings is 3. The molecular formula is C25H18Cl2FN3O3. The monoisotopic (exact) mass is 497 g/mol. The molecule has 0 spiro atoms. The van der Waals surface area contributed by atoms with Crippen molar-refractivity contribution in [3.63, 3.8) is 0 Å². The molecule has 0 atom stereocenters. The van der Waals surface area contributed by atoms with Crippen LogP contribution in [-0.2, 0) is 22.7 Å². The van der Waals surface area contributed by atoms with Crippen molar-refractivity contribution in [1.82, 2.24) is 10.2 Å². The Morgan fingerprint density at radius 2 is 1.56 bits per heavy atom. The molecule has 3 amide bonds. The second-order valence-corrected chi connectivity index (χ2v) is 8.25. The van der Waals surface area contributed by atoms with Gasteiger partial charge in [0.2, 0.25) is 0 Å². The van der Waals surface area contributed by atoms with Gasteiger partial charge in [0, 0.05) is 17.1 Å². The minimum absolute atomic E-state index is 0.0000858. The third-order valence-corrected chi connectivity index (χ3v) is 5.92. The largest absolute Gasteiger partial charge is 0.375 e. The summed E-state index contributed by atoms with van der Waals surface area (Å²) in [5.74, 6) is -2.13. The zero-order valence-electron chi connectivity index (χ0n) is 17.6. The molecule has 1 aliphatic heterocycles. The smallest absolute Gasteiger partial charge is 0.278 e. The zero-order valence-corrected chi connectivity index (χ0v) is 19.2. The molecule has 0 saturated carbocycles. The molecular weight excluding hydrogens is 480 g/mol. The fourth-order valence-corrected chi connectivity index (χ4v) is 3.81. The summed E-state index contributed by atoms with van der Waals surface area (Å²) in [6.07, 6.45) is 0. The summed E-state index contributed by atoms with van der Waals surface area (Å²) in [4.78, 5) is 38.7. The van der Waals surface area contributed by atoms with Crippen LogP contribution in [-0.4, -0.2) is 22.6 Å². The highest BCUT2D eigenvalue weighted by atomic mass is 35.5. The first-order valence-electron chi connectivity index (χ1n) is 10.2. The Labute approximate surface area is 205 Å². The van der Waals surface area contributed by atoms with E-state index in [1.54, 1.807) is 54.6 Å². The number of para-hydroxylation sites is 1. The molecule has 3 aromatic carbocycles. The van der Waals surface area contributed by atoms with Crippen LogP contribution in [0.4, 0.5) is 10.1 Å². The van der Waals surface area contributed by atoms with Gasteiger partial charge in [0.05, 0.1) is 12.2 Å². The molecule has 4 rings (SSSR count). The maximum absolute atomic E-state index is 13.7. The summed E-state index contributed by atoms with van der Waals surface area (Å²) in [6, 6.07) is 19.3. The predicted octanol–water partition coefficient (Wildman–Crippen LogP) is 4.84. The molecule has 2 N–H and O–H groups in total. The molecule has 0 radical (unpaired) electrons. The van der Waals surface area contributed by atoms with Gasteiger partial charge in [0.25, 0.3) is 17.7 Å². The highest BCUT2D eigenvalue weighted by Crippen LogP contribution is 2.26. The predicted molar refractivity (Wildman–Crippen MR) is 128 cm³/mol. The van der Waals surface area contributed by atoms with E-state index in [1.165, 1.54) is 18.2 Å². The number of halogens is 3. The number of anilines is 1. The lowest BCUT2D eigenvalue weighted by atomic mass is 10.1. The van der Waals surface area contributed by atoms with Crippen molar-refractivity contribution in [2.45, 2.75) is 13.1 Å². The highest BCUT2D eigenvalue weighted by molar-refractivity contribution is 6.47. The molecule has 1 aliphatic rings. The van der Waals surface area contributed by atoms with E-state index < -0.39 is 23.5 Å². The summed E-state index contributed by atoms with van der Waals surface area (Å²) >= 11 is 12.3. The number of imide groups is 1. The van der Waals surface area contributed by atoms with Crippen molar-refractivity contribution in [3.8, 4) is 0 Å². The lowest BCUT2D eigenvalue weighted by Gasteiger charge is -2.16. The first-order valence-corrected chi connectivity index (χ1v) is 11.0. The topological polar surface area (TPSA) is 78.5 Å². The van der Waals surface area contributed by atoms with Crippen LogP contribution in [0.2, 0.25) is 5.02 Å². The molecule has 3 aromatic rings. The fourth-order valence-electron chi connectivity index (χ4n) is 3.36. The molecule has 9 heteroatoms. The Morgan fingerprint density at radius 1 is 0.882 bits per heavy atom. The van der Waals surface area contributed by atoms with Crippen LogP contribution < -0.4 is 10.6 Å². The average Bonchev–Trinajstić information content (AvgIpc) is 3.03. The highest BCUT2D eigenvalue weighted by Gasteiger charge is 2.37. The molecule has 1 heterocycles. The maximum Gasteiger partial charge on any atom is 0.278 e. The van der Waals surface area contributed by atoms with E-state index in [1.807, 2.05) is 0 Å². The Balaban J connectivity index is 1.38. The van der Waals surface area contributed by atoms with Crippen molar-refractivity contribution >= 4 is 46.6 Å². The standard InChI is InChI=1S/C25H18Cl2FN3O3/c26-18-6-2-1-5-17(18)14-31-24(33)21(27)22(25(31)34)29-13-15-9-11-16(12-10-15)23(32)30-20-8-4-3-7-19(20)28/h1-12,29H,13-14H2,(H,30,32). The van der Waals surface area contributed by atoms with E-state index >= 15 is 0 Å². The quantitative estimate of drug-likeness (QED) is 0.457. The minimum Gasteiger partial charge on any atom is -0.375 e. The minimum atomic E-state index is -0.603. The number of carbonyl (C=O) groups excluding carboxylic acids is 3. The van der Waals surface area contributed by atoms with E-state index in [9.17, 15) is 18.8 Å². The van der Waals surface area contributed by atoms with E-state index in [0.717, 1.165) is 10.5 Å². The number of nitrogens with one attached hydrogen (secondary N) is 2. The molecule has 0 fully saturated rings. The molecule has 0 unspecified atom stereocenters. The van der Waals surface area contributed by atoms with Crippen LogP contribution in [0.3, 0.4) is 0 Å². The average molecular weight is 498 g/mol. The summed E-state index contributed by atoms with van der Waals surface area (Å²) in [5.41, 5.74) is 1.79. The van der Waals surface area contributed by atoms with Crippen molar-refractivity contribution in [3.05, 3.63) is 111 Å². The van der Waals surface area contributed by atoms with Gasteiger partial charge in [-0.3, -0.25) is 19.3 Å². The van der Waals surface area contributed by atoms with Crippen molar-refractivity contribution in [2.75, 3.05) is 5.32 Å². The Kier molecular flexibility index (Phi) is 6.95. The Hall–Kier alpha value is -3.68. The van der Waals surface area contributed by atoms with E-state index in [2.05, 4.69) is 10.6 Å². The molecule has 0 saturated heterocycles. The van der Waals surface area contributed by atoms with E-state index in [-0.39, 0.29) is 29.5 Å². The molecule has 0 bridgehead atoms. The van der Waals surface area contributed by atoms with E-state index in [0.29, 0.717) is 16.1 Å². The van der Waals surface area contributed by atoms with Gasteiger partial charge in [-0.15, -0.1) is 0 Å². The van der Waals surface area contributed by atoms with Crippen LogP contribution in [0, 0.1) is 5.82 Å². The van der Waals surface area contributed by atoms with Gasteiger partial charge < -0.3 is 10.6 Å². The van der Waals surface area contributed by atoms with Gasteiger partial charge in [0.15, 0.2) is 0 Å². The lowest BCUT2D eigenvalue weighted by molar-refractivity contribution is -0.138. The van der Waals surface area contributed by atoms with Crippen LogP contribution in [0.5, 0.6) is 0 Å². The third-order valence-electron chi connectivity index (χ3n) is 5.21. The van der Waals surface area contributed by atoms with Gasteiger partial charge in [-0.25, -0.2) is 4.39 Å². The van der Waals surface area contributed by atoms with Crippen LogP contribution in [0.1, 0.15) is 21.5 Å². The van der Waals surface area contributed by atoms with Crippen molar-refractivity contribution < 1.29 is 18.8 Å². The normalized spacial score (nSPS) is 13.4. The number of amides is 3. The lowest BCUT2D eigenvalue weighted by Crippen LogP contribution is -2.33. The number of carbonyl (C=O) groups is 3. The first kappa shape index (κ1) is 23.5. The summed E-state index contributed by atoms with van der Waals surface area (Å²) < 4.78 is 13.7. The van der Waals surface area contributed by atoms with Gasteiger partial charge >= 0.3 is 0 Å². The van der Waals surface area contributed by atoms with Gasteiger partial charge in [-0.2, -0.15) is 0 Å². The maximum atomic E-state index is 13.7. The number of nitrogens with zero attached hydrogens (tertiary/aromatic N) is 1. The van der Waals surface area contributed by atoms with E-state index in [4.69, 9.17) is 23.2 Å². The Morgan fingerprint density at radius 3 is 2.26 bits per heavy atom. The number of hydrogen-bond donors (Lipinski definition) is 2. The summed E-state index contributed by atoms with van der Waals surface area (Å²) in [6.45, 7) is 0.199. The molecule has 172 valence electrons. The van der Waals surface area contributed by atoms with Gasteiger partial charge in [-0.05, 0) is 41.5 Å². The second-order valence-electron chi connectivity index (χ2n) is 7.46. The molecule has 0 aliphatic carbocycles. The molecule has 0 aromatic heterocycles. The summed E-state index contributed by atoms with van der Waals surface area (Å²) in [7, 11) is 0. The second kappa shape index (κ2) is 10.1. The fraction of sp³-hybridized carbons (Fsp3) is 0.0800. The zero-order chi connectivity index (χ0) is 24.2. The SMILES string of the molecule is O=C(Nc1ccccc1F)c1ccc(CNC2=C(Cl)C(=O)N(Cc3ccccc3Cl)C2=O)cc1. The summed E-state index contributed by atoms with van der Waals surface area (Å²) in [5, 5.41) is 5.67. The van der Waals surface area contributed by atoms with Crippen LogP contribution in [0.15, 0.2) is 83.5 Å². The van der Waals surface area contributed by atoms with Crippen LogP contribution >= 0.6 is 23.2 Å². The van der Waals surface area contributed by atoms with Crippen molar-refractivity contribution in [2.24, 2.45) is 0 Å². The third kappa shape index (κ3) is 4.95. The Bertz CT molecular complexity index is 1310. The molecule has 34 heavy (non-hydrogen) atoms. The number of hydrogen-bond acceptors (Lipinski definition) is 4. The first-order chi connectivity index (χ1) is 16.3. The number of rotatable bonds is 7. The van der Waals surface area contributed by atoms with Gasteiger partial charge in [-0.1, -0.05) is 65.7 Å². The molecule has 6 nitrogen and oxygen atoms in total. The van der Waals surface area contributed by atoms with Crippen LogP contribution in [0.25, 0.3) is 0 Å².